The molecule has 0 amide bonds. The van der Waals surface area contributed by atoms with Crippen molar-refractivity contribution in [1.82, 2.24) is 0 Å². The third-order valence-corrected chi connectivity index (χ3v) is 4.13. The number of aryl methyl sites for hydroxylation is 1. The molecule has 0 aliphatic heterocycles. The van der Waals surface area contributed by atoms with E-state index in [0.29, 0.717) is 10.0 Å². The molecular formula is C18H14BrFO. The van der Waals surface area contributed by atoms with Gasteiger partial charge < -0.3 is 5.11 Å². The summed E-state index contributed by atoms with van der Waals surface area (Å²) in [7, 11) is 0. The molecule has 0 aliphatic carbocycles. The minimum atomic E-state index is -0.859. The maximum absolute atomic E-state index is 13.5. The highest BCUT2D eigenvalue weighted by atomic mass is 79.9. The molecule has 0 saturated carbocycles. The van der Waals surface area contributed by atoms with E-state index in [-0.39, 0.29) is 5.82 Å². The second-order valence-corrected chi connectivity index (χ2v) is 6.04. The topological polar surface area (TPSA) is 20.2 Å². The van der Waals surface area contributed by atoms with Gasteiger partial charge in [0.1, 0.15) is 11.9 Å². The summed E-state index contributed by atoms with van der Waals surface area (Å²) >= 11 is 3.26. The number of benzene rings is 3. The average Bonchev–Trinajstić information content (AvgIpc) is 2.46. The summed E-state index contributed by atoms with van der Waals surface area (Å²) in [6.45, 7) is 2.04. The van der Waals surface area contributed by atoms with Crippen molar-refractivity contribution in [3.05, 3.63) is 81.6 Å². The molecule has 0 heterocycles. The first-order valence-corrected chi connectivity index (χ1v) is 7.48. The summed E-state index contributed by atoms with van der Waals surface area (Å²) in [6, 6.07) is 16.3. The minimum Gasteiger partial charge on any atom is -0.384 e. The molecule has 1 N–H and O–H groups in total. The van der Waals surface area contributed by atoms with Crippen LogP contribution in [0.15, 0.2) is 59.1 Å². The van der Waals surface area contributed by atoms with Crippen LogP contribution in [-0.4, -0.2) is 5.11 Å². The van der Waals surface area contributed by atoms with E-state index in [1.807, 2.05) is 43.3 Å². The van der Waals surface area contributed by atoms with Crippen LogP contribution in [0.3, 0.4) is 0 Å². The predicted molar refractivity (Wildman–Crippen MR) is 86.8 cm³/mol. The van der Waals surface area contributed by atoms with E-state index in [4.69, 9.17) is 0 Å². The predicted octanol–water partition coefficient (Wildman–Crippen LogP) is 5.13. The van der Waals surface area contributed by atoms with Crippen molar-refractivity contribution in [2.45, 2.75) is 13.0 Å². The summed E-state index contributed by atoms with van der Waals surface area (Å²) < 4.78 is 14.2. The van der Waals surface area contributed by atoms with Crippen LogP contribution in [0.5, 0.6) is 0 Å². The Kier molecular flexibility index (Phi) is 3.79. The lowest BCUT2D eigenvalue weighted by Gasteiger charge is -2.16. The smallest absolute Gasteiger partial charge is 0.124 e. The van der Waals surface area contributed by atoms with E-state index < -0.39 is 6.10 Å². The van der Waals surface area contributed by atoms with Gasteiger partial charge in [0, 0.05) is 4.47 Å². The SMILES string of the molecule is Cc1ccc(C(O)c2cc(F)cc(Br)c2)c2ccccc12. The van der Waals surface area contributed by atoms with Crippen LogP contribution in [0.25, 0.3) is 10.8 Å². The second-order valence-electron chi connectivity index (χ2n) is 5.12. The molecule has 0 radical (unpaired) electrons. The maximum Gasteiger partial charge on any atom is 0.124 e. The van der Waals surface area contributed by atoms with Crippen molar-refractivity contribution in [1.29, 1.82) is 0 Å². The van der Waals surface area contributed by atoms with Gasteiger partial charge in [-0.2, -0.15) is 0 Å². The van der Waals surface area contributed by atoms with Crippen molar-refractivity contribution < 1.29 is 9.50 Å². The van der Waals surface area contributed by atoms with E-state index in [1.54, 1.807) is 6.07 Å². The molecule has 3 rings (SSSR count). The van der Waals surface area contributed by atoms with Gasteiger partial charge in [-0.1, -0.05) is 52.3 Å². The van der Waals surface area contributed by atoms with Gasteiger partial charge in [0.05, 0.1) is 0 Å². The Balaban J connectivity index is 2.18. The van der Waals surface area contributed by atoms with Crippen LogP contribution in [-0.2, 0) is 0 Å². The molecular weight excluding hydrogens is 331 g/mol. The van der Waals surface area contributed by atoms with E-state index in [9.17, 15) is 9.50 Å². The molecule has 106 valence electrons. The number of aliphatic hydroxyl groups excluding tert-OH is 1. The van der Waals surface area contributed by atoms with Crippen molar-refractivity contribution in [3.63, 3.8) is 0 Å². The van der Waals surface area contributed by atoms with Crippen molar-refractivity contribution >= 4 is 26.7 Å². The summed E-state index contributed by atoms with van der Waals surface area (Å²) in [6.07, 6.45) is -0.859. The van der Waals surface area contributed by atoms with Crippen LogP contribution < -0.4 is 0 Å². The molecule has 0 saturated heterocycles. The molecule has 3 aromatic rings. The van der Waals surface area contributed by atoms with Crippen LogP contribution in [0.4, 0.5) is 4.39 Å². The number of aliphatic hydroxyl groups is 1. The van der Waals surface area contributed by atoms with Gasteiger partial charge in [0.25, 0.3) is 0 Å². The summed E-state index contributed by atoms with van der Waals surface area (Å²) in [5, 5.41) is 12.7. The van der Waals surface area contributed by atoms with E-state index >= 15 is 0 Å². The number of halogens is 2. The summed E-state index contributed by atoms with van der Waals surface area (Å²) in [5.74, 6) is -0.366. The van der Waals surface area contributed by atoms with Gasteiger partial charge >= 0.3 is 0 Å². The van der Waals surface area contributed by atoms with Crippen LogP contribution in [0.2, 0.25) is 0 Å². The Morgan fingerprint density at radius 1 is 1.00 bits per heavy atom. The Labute approximate surface area is 131 Å². The highest BCUT2D eigenvalue weighted by Gasteiger charge is 2.15. The van der Waals surface area contributed by atoms with E-state index in [2.05, 4.69) is 15.9 Å². The Bertz CT molecular complexity index is 793. The highest BCUT2D eigenvalue weighted by Crippen LogP contribution is 2.32. The quantitative estimate of drug-likeness (QED) is 0.683. The number of hydrogen-bond donors (Lipinski definition) is 1. The molecule has 3 heteroatoms. The maximum atomic E-state index is 13.5. The number of fused-ring (bicyclic) bond motifs is 1. The summed E-state index contributed by atoms with van der Waals surface area (Å²) in [4.78, 5) is 0. The standard InChI is InChI=1S/C18H14BrFO/c1-11-6-7-17(16-5-3-2-4-15(11)16)18(21)12-8-13(19)10-14(20)9-12/h2-10,18,21H,1H3. The first-order chi connectivity index (χ1) is 10.1. The van der Waals surface area contributed by atoms with Crippen LogP contribution in [0.1, 0.15) is 22.8 Å². The van der Waals surface area contributed by atoms with Crippen LogP contribution >= 0.6 is 15.9 Å². The van der Waals surface area contributed by atoms with Gasteiger partial charge in [0.2, 0.25) is 0 Å². The number of rotatable bonds is 2. The molecule has 21 heavy (non-hydrogen) atoms. The van der Waals surface area contributed by atoms with Gasteiger partial charge in [-0.3, -0.25) is 0 Å². The zero-order valence-electron chi connectivity index (χ0n) is 11.5. The third kappa shape index (κ3) is 2.71. The van der Waals surface area contributed by atoms with Crippen molar-refractivity contribution in [2.24, 2.45) is 0 Å². The normalized spacial score (nSPS) is 12.6. The van der Waals surface area contributed by atoms with Gasteiger partial charge in [-0.25, -0.2) is 4.39 Å². The Morgan fingerprint density at radius 3 is 2.43 bits per heavy atom. The monoisotopic (exact) mass is 344 g/mol. The average molecular weight is 345 g/mol. The molecule has 1 atom stereocenters. The largest absolute Gasteiger partial charge is 0.384 e. The fraction of sp³-hybridized carbons (Fsp3) is 0.111. The van der Waals surface area contributed by atoms with Crippen LogP contribution in [0, 0.1) is 12.7 Å². The fourth-order valence-electron chi connectivity index (χ4n) is 2.62. The zero-order chi connectivity index (χ0) is 15.0. The van der Waals surface area contributed by atoms with E-state index in [0.717, 1.165) is 21.9 Å². The summed E-state index contributed by atoms with van der Waals surface area (Å²) in [5.41, 5.74) is 2.48. The third-order valence-electron chi connectivity index (χ3n) is 3.67. The minimum absolute atomic E-state index is 0.366. The molecule has 3 aromatic carbocycles. The fourth-order valence-corrected chi connectivity index (χ4v) is 3.11. The first-order valence-electron chi connectivity index (χ1n) is 6.68. The molecule has 1 unspecified atom stereocenters. The first kappa shape index (κ1) is 14.2. The number of hydrogen-bond acceptors (Lipinski definition) is 1. The molecule has 0 spiro atoms. The molecule has 0 aromatic heterocycles. The Hall–Kier alpha value is -1.71. The van der Waals surface area contributed by atoms with E-state index in [1.165, 1.54) is 12.1 Å². The highest BCUT2D eigenvalue weighted by molar-refractivity contribution is 9.10. The van der Waals surface area contributed by atoms with Crippen molar-refractivity contribution in [3.8, 4) is 0 Å². The van der Waals surface area contributed by atoms with Crippen molar-refractivity contribution in [2.75, 3.05) is 0 Å². The molecule has 0 aliphatic rings. The zero-order valence-corrected chi connectivity index (χ0v) is 13.1. The van der Waals surface area contributed by atoms with Gasteiger partial charge in [-0.05, 0) is 52.6 Å². The second kappa shape index (κ2) is 5.58. The molecule has 0 bridgehead atoms. The molecule has 1 nitrogen and oxygen atoms in total. The van der Waals surface area contributed by atoms with Gasteiger partial charge in [0.15, 0.2) is 0 Å². The lowest BCUT2D eigenvalue weighted by Crippen LogP contribution is -2.02. The molecule has 0 fully saturated rings. The Morgan fingerprint density at radius 2 is 1.71 bits per heavy atom. The lowest BCUT2D eigenvalue weighted by molar-refractivity contribution is 0.221. The van der Waals surface area contributed by atoms with Gasteiger partial charge in [-0.15, -0.1) is 0 Å². The lowest BCUT2D eigenvalue weighted by atomic mass is 9.94.